The summed E-state index contributed by atoms with van der Waals surface area (Å²) in [5, 5.41) is 3.08. The van der Waals surface area contributed by atoms with Crippen molar-refractivity contribution < 1.29 is 14.3 Å². The summed E-state index contributed by atoms with van der Waals surface area (Å²) >= 11 is 0. The quantitative estimate of drug-likeness (QED) is 0.589. The van der Waals surface area contributed by atoms with Crippen molar-refractivity contribution >= 4 is 11.8 Å². The van der Waals surface area contributed by atoms with Gasteiger partial charge in [-0.1, -0.05) is 39.3 Å². The molecule has 3 heterocycles. The first-order chi connectivity index (χ1) is 16.9. The van der Waals surface area contributed by atoms with E-state index < -0.39 is 11.6 Å². The molecule has 1 aromatic carbocycles. The van der Waals surface area contributed by atoms with Crippen LogP contribution in [0, 0.1) is 5.92 Å². The summed E-state index contributed by atoms with van der Waals surface area (Å²) in [5.74, 6) is 1.66. The van der Waals surface area contributed by atoms with E-state index in [1.807, 2.05) is 17.0 Å². The fourth-order valence-corrected chi connectivity index (χ4v) is 5.11. The van der Waals surface area contributed by atoms with Crippen LogP contribution in [0.2, 0.25) is 0 Å². The second-order valence-corrected chi connectivity index (χ2v) is 10.1. The Balaban J connectivity index is 1.38. The molecule has 2 amide bonds. The molecule has 2 fully saturated rings. The molecule has 1 spiro atoms. The summed E-state index contributed by atoms with van der Waals surface area (Å²) < 4.78 is 5.73. The van der Waals surface area contributed by atoms with Gasteiger partial charge in [0.05, 0.1) is 6.20 Å². The lowest BCUT2D eigenvalue weighted by atomic mass is 9.80. The molecule has 2 aliphatic rings. The highest BCUT2D eigenvalue weighted by Gasteiger charge is 2.53. The minimum absolute atomic E-state index is 0.0315. The van der Waals surface area contributed by atoms with Crippen LogP contribution in [0.4, 0.5) is 0 Å². The second kappa shape index (κ2) is 11.2. The number of hydrogen-bond donors (Lipinski definition) is 1. The van der Waals surface area contributed by atoms with Crippen LogP contribution in [-0.4, -0.2) is 62.8 Å². The minimum atomic E-state index is -0.718. The molecule has 8 nitrogen and oxygen atoms in total. The number of ether oxygens (including phenoxy) is 1. The topological polar surface area (TPSA) is 87.7 Å². The molecule has 0 bridgehead atoms. The number of carbonyl (C=O) groups is 2. The van der Waals surface area contributed by atoms with Crippen molar-refractivity contribution in [2.24, 2.45) is 5.92 Å². The Morgan fingerprint density at radius 2 is 1.89 bits per heavy atom. The van der Waals surface area contributed by atoms with Gasteiger partial charge in [0.15, 0.2) is 0 Å². The lowest BCUT2D eigenvalue weighted by Crippen LogP contribution is -2.73. The fourth-order valence-electron chi connectivity index (χ4n) is 5.11. The van der Waals surface area contributed by atoms with E-state index in [0.717, 1.165) is 32.5 Å². The van der Waals surface area contributed by atoms with E-state index in [1.165, 1.54) is 5.56 Å². The zero-order chi connectivity index (χ0) is 24.8. The standard InChI is InChI=1S/C27H37N5O3/c1-4-5-14-32-25(33)23(17-20(2)3)30-26(34)27(32)10-15-31(16-11-27)19-21-6-8-22(9-7-21)35-24-18-28-12-13-29-24/h6-9,12-13,18,20,23H,4-5,10-11,14-17,19H2,1-3H3,(H,30,34). The second-order valence-electron chi connectivity index (χ2n) is 10.1. The van der Waals surface area contributed by atoms with Crippen LogP contribution in [0.1, 0.15) is 58.4 Å². The monoisotopic (exact) mass is 479 g/mol. The van der Waals surface area contributed by atoms with E-state index in [2.05, 4.69) is 53.1 Å². The maximum atomic E-state index is 13.4. The SMILES string of the molecule is CCCCN1C(=O)C(CC(C)C)NC(=O)C12CCN(Cc1ccc(Oc3cnccn3)cc1)CC2. The predicted molar refractivity (Wildman–Crippen MR) is 134 cm³/mol. The average Bonchev–Trinajstić information content (AvgIpc) is 2.85. The van der Waals surface area contributed by atoms with Gasteiger partial charge < -0.3 is 15.0 Å². The molecule has 35 heavy (non-hydrogen) atoms. The predicted octanol–water partition coefficient (Wildman–Crippen LogP) is 3.78. The Labute approximate surface area is 208 Å². The maximum Gasteiger partial charge on any atom is 0.246 e. The number of nitrogens with zero attached hydrogens (tertiary/aromatic N) is 4. The van der Waals surface area contributed by atoms with Crippen molar-refractivity contribution in [1.82, 2.24) is 25.1 Å². The highest BCUT2D eigenvalue weighted by Crippen LogP contribution is 2.34. The third-order valence-electron chi connectivity index (χ3n) is 7.03. The van der Waals surface area contributed by atoms with Crippen LogP contribution in [-0.2, 0) is 16.1 Å². The molecular formula is C27H37N5O3. The molecule has 1 N–H and O–H groups in total. The number of hydrogen-bond acceptors (Lipinski definition) is 6. The molecule has 1 unspecified atom stereocenters. The van der Waals surface area contributed by atoms with Crippen LogP contribution in [0.3, 0.4) is 0 Å². The molecular weight excluding hydrogens is 442 g/mol. The summed E-state index contributed by atoms with van der Waals surface area (Å²) in [5.41, 5.74) is 0.460. The Morgan fingerprint density at radius 1 is 1.14 bits per heavy atom. The summed E-state index contributed by atoms with van der Waals surface area (Å²) in [4.78, 5) is 39.2. The first kappa shape index (κ1) is 25.1. The van der Waals surface area contributed by atoms with E-state index in [0.29, 0.717) is 43.4 Å². The van der Waals surface area contributed by atoms with Gasteiger partial charge in [0.25, 0.3) is 0 Å². The van der Waals surface area contributed by atoms with Gasteiger partial charge in [-0.25, -0.2) is 4.98 Å². The Morgan fingerprint density at radius 3 is 2.51 bits per heavy atom. The highest BCUT2D eigenvalue weighted by molar-refractivity contribution is 6.00. The van der Waals surface area contributed by atoms with Gasteiger partial charge in [0.2, 0.25) is 17.7 Å². The van der Waals surface area contributed by atoms with Gasteiger partial charge in [0.1, 0.15) is 17.3 Å². The van der Waals surface area contributed by atoms with Gasteiger partial charge in [-0.2, -0.15) is 0 Å². The number of nitrogens with one attached hydrogen (secondary N) is 1. The summed E-state index contributed by atoms with van der Waals surface area (Å²) in [6.07, 6.45) is 8.72. The summed E-state index contributed by atoms with van der Waals surface area (Å²) in [6.45, 7) is 9.30. The third kappa shape index (κ3) is 5.81. The third-order valence-corrected chi connectivity index (χ3v) is 7.03. The van der Waals surface area contributed by atoms with Crippen LogP contribution in [0.15, 0.2) is 42.9 Å². The van der Waals surface area contributed by atoms with Crippen LogP contribution >= 0.6 is 0 Å². The van der Waals surface area contributed by atoms with Gasteiger partial charge >= 0.3 is 0 Å². The van der Waals surface area contributed by atoms with Crippen molar-refractivity contribution in [3.8, 4) is 11.6 Å². The molecule has 2 aromatic rings. The van der Waals surface area contributed by atoms with E-state index in [1.54, 1.807) is 18.6 Å². The van der Waals surface area contributed by atoms with Gasteiger partial charge in [0, 0.05) is 38.6 Å². The van der Waals surface area contributed by atoms with E-state index in [4.69, 9.17) is 4.74 Å². The van der Waals surface area contributed by atoms with Crippen molar-refractivity contribution in [2.75, 3.05) is 19.6 Å². The molecule has 8 heteroatoms. The van der Waals surface area contributed by atoms with Crippen molar-refractivity contribution in [3.05, 3.63) is 48.4 Å². The fraction of sp³-hybridized carbons (Fsp3) is 0.556. The number of amides is 2. The van der Waals surface area contributed by atoms with Crippen LogP contribution in [0.5, 0.6) is 11.6 Å². The highest BCUT2D eigenvalue weighted by atomic mass is 16.5. The molecule has 1 aromatic heterocycles. The number of carbonyl (C=O) groups excluding carboxylic acids is 2. The smallest absolute Gasteiger partial charge is 0.246 e. The van der Waals surface area contributed by atoms with E-state index in [9.17, 15) is 9.59 Å². The van der Waals surface area contributed by atoms with E-state index in [-0.39, 0.29) is 11.8 Å². The summed E-state index contributed by atoms with van der Waals surface area (Å²) in [7, 11) is 0. The Kier molecular flexibility index (Phi) is 8.00. The van der Waals surface area contributed by atoms with Crippen molar-refractivity contribution in [1.29, 1.82) is 0 Å². The lowest BCUT2D eigenvalue weighted by molar-refractivity contribution is -0.161. The minimum Gasteiger partial charge on any atom is -0.438 e. The number of rotatable bonds is 9. The molecule has 0 aliphatic carbocycles. The van der Waals surface area contributed by atoms with Gasteiger partial charge in [-0.05, 0) is 49.3 Å². The number of piperidine rings is 1. The van der Waals surface area contributed by atoms with Gasteiger partial charge in [-0.15, -0.1) is 0 Å². The molecule has 4 rings (SSSR count). The van der Waals surface area contributed by atoms with Crippen molar-refractivity contribution in [2.45, 2.75) is 71.0 Å². The zero-order valence-electron chi connectivity index (χ0n) is 21.1. The molecule has 2 saturated heterocycles. The van der Waals surface area contributed by atoms with Crippen molar-refractivity contribution in [3.63, 3.8) is 0 Å². The number of benzene rings is 1. The summed E-state index contributed by atoms with van der Waals surface area (Å²) in [6, 6.07) is 7.58. The average molecular weight is 480 g/mol. The largest absolute Gasteiger partial charge is 0.438 e. The molecule has 2 aliphatic heterocycles. The Bertz CT molecular complexity index is 988. The number of piperazine rings is 1. The first-order valence-corrected chi connectivity index (χ1v) is 12.8. The Hall–Kier alpha value is -3.00. The number of likely N-dealkylation sites (tertiary alicyclic amines) is 1. The maximum absolute atomic E-state index is 13.4. The van der Waals surface area contributed by atoms with E-state index >= 15 is 0 Å². The molecule has 0 radical (unpaired) electrons. The number of aromatic nitrogens is 2. The molecule has 188 valence electrons. The van der Waals surface area contributed by atoms with Crippen LogP contribution < -0.4 is 10.1 Å². The normalized spacial score (nSPS) is 20.3. The van der Waals surface area contributed by atoms with Gasteiger partial charge in [-0.3, -0.25) is 19.5 Å². The first-order valence-electron chi connectivity index (χ1n) is 12.8. The zero-order valence-corrected chi connectivity index (χ0v) is 21.1. The number of unbranched alkanes of at least 4 members (excludes halogenated alkanes) is 1. The lowest BCUT2D eigenvalue weighted by Gasteiger charge is -2.52. The molecule has 0 saturated carbocycles. The molecule has 1 atom stereocenters. The van der Waals surface area contributed by atoms with Crippen LogP contribution in [0.25, 0.3) is 0 Å².